The van der Waals surface area contributed by atoms with Crippen LogP contribution in [0.3, 0.4) is 0 Å². The largest absolute Gasteiger partial charge is 0.396 e. The molecule has 1 aromatic carbocycles. The van der Waals surface area contributed by atoms with Crippen LogP contribution in [0.2, 0.25) is 0 Å². The molecule has 17 heavy (non-hydrogen) atoms. The first kappa shape index (κ1) is 11.6. The van der Waals surface area contributed by atoms with Gasteiger partial charge in [-0.1, -0.05) is 0 Å². The fraction of sp³-hybridized carbons (Fsp3) is 0.385. The first-order chi connectivity index (χ1) is 8.28. The molecule has 1 N–H and O–H groups in total. The summed E-state index contributed by atoms with van der Waals surface area (Å²) in [5.74, 6) is 0.285. The van der Waals surface area contributed by atoms with Crippen molar-refractivity contribution in [1.29, 1.82) is 5.26 Å². The number of carbonyl (C=O) groups is 1. The summed E-state index contributed by atoms with van der Waals surface area (Å²) in [4.78, 5) is 12.7. The van der Waals surface area contributed by atoms with E-state index in [1.807, 2.05) is 6.07 Å². The van der Waals surface area contributed by atoms with Crippen LogP contribution in [0.4, 0.5) is 5.69 Å². The summed E-state index contributed by atoms with van der Waals surface area (Å²) in [5.41, 5.74) is 1.89. The molecule has 1 aliphatic rings. The summed E-state index contributed by atoms with van der Waals surface area (Å²) in [5, 5.41) is 18.2. The third-order valence-electron chi connectivity index (χ3n) is 3.16. The van der Waals surface area contributed by atoms with Gasteiger partial charge in [-0.3, -0.25) is 4.79 Å². The molecule has 0 radical (unpaired) electrons. The maximum atomic E-state index is 10.6. The maximum Gasteiger partial charge on any atom is 0.150 e. The molecule has 0 aromatic heterocycles. The second kappa shape index (κ2) is 4.98. The third kappa shape index (κ3) is 2.29. The Labute approximate surface area is 100 Å². The van der Waals surface area contributed by atoms with Crippen molar-refractivity contribution in [2.24, 2.45) is 5.92 Å². The molecule has 0 saturated carbocycles. The summed E-state index contributed by atoms with van der Waals surface area (Å²) >= 11 is 0. The summed E-state index contributed by atoms with van der Waals surface area (Å²) in [6.45, 7) is 1.80. The Morgan fingerprint density at radius 2 is 2.41 bits per heavy atom. The smallest absolute Gasteiger partial charge is 0.150 e. The highest BCUT2D eigenvalue weighted by atomic mass is 16.3. The zero-order valence-electron chi connectivity index (χ0n) is 9.47. The van der Waals surface area contributed by atoms with Crippen LogP contribution in [0.5, 0.6) is 0 Å². The zero-order chi connectivity index (χ0) is 12.3. The standard InChI is InChI=1S/C13H14N2O2/c14-6-12-5-10(8-16)1-2-13(12)15-4-3-11(7-15)9-17/h1-2,5,8,11,17H,3-4,7,9H2. The molecule has 1 fully saturated rings. The van der Waals surface area contributed by atoms with E-state index >= 15 is 0 Å². The summed E-state index contributed by atoms with van der Waals surface area (Å²) < 4.78 is 0. The molecule has 0 spiro atoms. The Morgan fingerprint density at radius 1 is 1.59 bits per heavy atom. The molecular formula is C13H14N2O2. The van der Waals surface area contributed by atoms with Gasteiger partial charge >= 0.3 is 0 Å². The van der Waals surface area contributed by atoms with Crippen molar-refractivity contribution < 1.29 is 9.90 Å². The van der Waals surface area contributed by atoms with Gasteiger partial charge in [-0.25, -0.2) is 0 Å². The normalized spacial score (nSPS) is 19.1. The van der Waals surface area contributed by atoms with Crippen molar-refractivity contribution in [3.63, 3.8) is 0 Å². The SMILES string of the molecule is N#Cc1cc(C=O)ccc1N1CCC(CO)C1. The lowest BCUT2D eigenvalue weighted by atomic mass is 10.1. The zero-order valence-corrected chi connectivity index (χ0v) is 9.47. The van der Waals surface area contributed by atoms with E-state index < -0.39 is 0 Å². The maximum absolute atomic E-state index is 10.6. The van der Waals surface area contributed by atoms with E-state index in [1.165, 1.54) is 0 Å². The summed E-state index contributed by atoms with van der Waals surface area (Å²) in [6.07, 6.45) is 1.68. The Kier molecular flexibility index (Phi) is 3.40. The van der Waals surface area contributed by atoms with Crippen molar-refractivity contribution in [3.05, 3.63) is 29.3 Å². The van der Waals surface area contributed by atoms with Gasteiger partial charge in [0.05, 0.1) is 11.3 Å². The number of anilines is 1. The van der Waals surface area contributed by atoms with Crippen LogP contribution in [0.1, 0.15) is 22.3 Å². The molecule has 0 bridgehead atoms. The lowest BCUT2D eigenvalue weighted by molar-refractivity contribution is 0.112. The monoisotopic (exact) mass is 230 g/mol. The molecule has 2 rings (SSSR count). The minimum absolute atomic E-state index is 0.185. The molecule has 1 saturated heterocycles. The van der Waals surface area contributed by atoms with E-state index in [4.69, 9.17) is 10.4 Å². The summed E-state index contributed by atoms with van der Waals surface area (Å²) in [7, 11) is 0. The average Bonchev–Trinajstić information content (AvgIpc) is 2.86. The number of nitrogens with zero attached hydrogens (tertiary/aromatic N) is 2. The van der Waals surface area contributed by atoms with Gasteiger partial charge in [-0.15, -0.1) is 0 Å². The number of carbonyl (C=O) groups excluding carboxylic acids is 1. The highest BCUT2D eigenvalue weighted by Crippen LogP contribution is 2.27. The van der Waals surface area contributed by atoms with Gasteiger partial charge in [0.2, 0.25) is 0 Å². The van der Waals surface area contributed by atoms with E-state index in [9.17, 15) is 4.79 Å². The van der Waals surface area contributed by atoms with Gasteiger partial charge in [0.15, 0.2) is 0 Å². The Bertz CT molecular complexity index is 465. The molecule has 0 amide bonds. The number of benzene rings is 1. The van der Waals surface area contributed by atoms with Gasteiger partial charge < -0.3 is 10.0 Å². The van der Waals surface area contributed by atoms with Crippen LogP contribution in [-0.2, 0) is 0 Å². The number of rotatable bonds is 3. The highest BCUT2D eigenvalue weighted by Gasteiger charge is 2.23. The van der Waals surface area contributed by atoms with Crippen molar-refractivity contribution >= 4 is 12.0 Å². The fourth-order valence-electron chi connectivity index (χ4n) is 2.19. The molecule has 1 aliphatic heterocycles. The van der Waals surface area contributed by atoms with Gasteiger partial charge in [0.25, 0.3) is 0 Å². The number of aliphatic hydroxyl groups excluding tert-OH is 1. The molecule has 4 nitrogen and oxygen atoms in total. The number of nitriles is 1. The Hall–Kier alpha value is -1.86. The van der Waals surface area contributed by atoms with Crippen LogP contribution in [-0.4, -0.2) is 31.1 Å². The number of aliphatic hydroxyl groups is 1. The molecule has 1 aromatic rings. The van der Waals surface area contributed by atoms with E-state index in [1.54, 1.807) is 12.1 Å². The molecule has 1 atom stereocenters. The molecule has 4 heteroatoms. The van der Waals surface area contributed by atoms with Crippen LogP contribution in [0.25, 0.3) is 0 Å². The van der Waals surface area contributed by atoms with Crippen LogP contribution in [0.15, 0.2) is 18.2 Å². The molecular weight excluding hydrogens is 216 g/mol. The predicted octanol–water partition coefficient (Wildman–Crippen LogP) is 1.19. The van der Waals surface area contributed by atoms with E-state index in [0.717, 1.165) is 31.5 Å². The first-order valence-electron chi connectivity index (χ1n) is 5.63. The highest BCUT2D eigenvalue weighted by molar-refractivity contribution is 5.78. The number of hydrogen-bond acceptors (Lipinski definition) is 4. The lowest BCUT2D eigenvalue weighted by Gasteiger charge is -2.19. The molecule has 0 aliphatic carbocycles. The van der Waals surface area contributed by atoms with Crippen molar-refractivity contribution in [2.45, 2.75) is 6.42 Å². The van der Waals surface area contributed by atoms with Crippen molar-refractivity contribution in [2.75, 3.05) is 24.6 Å². The van der Waals surface area contributed by atoms with Crippen LogP contribution < -0.4 is 4.90 Å². The van der Waals surface area contributed by atoms with Gasteiger partial charge in [-0.05, 0) is 24.6 Å². The second-order valence-electron chi connectivity index (χ2n) is 4.29. The molecule has 88 valence electrons. The van der Waals surface area contributed by atoms with Crippen molar-refractivity contribution in [1.82, 2.24) is 0 Å². The Balaban J connectivity index is 2.27. The Morgan fingerprint density at radius 3 is 3.00 bits per heavy atom. The van der Waals surface area contributed by atoms with E-state index in [0.29, 0.717) is 11.1 Å². The minimum atomic E-state index is 0.185. The fourth-order valence-corrected chi connectivity index (χ4v) is 2.19. The van der Waals surface area contributed by atoms with Gasteiger partial charge in [-0.2, -0.15) is 5.26 Å². The van der Waals surface area contributed by atoms with Gasteiger partial charge in [0.1, 0.15) is 12.4 Å². The van der Waals surface area contributed by atoms with E-state index in [2.05, 4.69) is 11.0 Å². The van der Waals surface area contributed by atoms with Gasteiger partial charge in [0, 0.05) is 31.2 Å². The van der Waals surface area contributed by atoms with Crippen molar-refractivity contribution in [3.8, 4) is 6.07 Å². The van der Waals surface area contributed by atoms with Crippen LogP contribution in [0, 0.1) is 17.2 Å². The molecule has 1 unspecified atom stereocenters. The second-order valence-corrected chi connectivity index (χ2v) is 4.29. The summed E-state index contributed by atoms with van der Waals surface area (Å²) in [6, 6.07) is 7.25. The average molecular weight is 230 g/mol. The molecule has 1 heterocycles. The topological polar surface area (TPSA) is 64.3 Å². The van der Waals surface area contributed by atoms with Crippen LogP contribution >= 0.6 is 0 Å². The third-order valence-corrected chi connectivity index (χ3v) is 3.16. The minimum Gasteiger partial charge on any atom is -0.396 e. The number of hydrogen-bond donors (Lipinski definition) is 1. The number of aldehydes is 1. The predicted molar refractivity (Wildman–Crippen MR) is 64.0 cm³/mol. The lowest BCUT2D eigenvalue weighted by Crippen LogP contribution is -2.21. The first-order valence-corrected chi connectivity index (χ1v) is 5.63. The quantitative estimate of drug-likeness (QED) is 0.792. The van der Waals surface area contributed by atoms with E-state index in [-0.39, 0.29) is 12.5 Å².